The molecule has 6 nitrogen and oxygen atoms in total. The minimum atomic E-state index is -4.58. The number of nitrogens with zero attached hydrogens (tertiary/aromatic N) is 3. The van der Waals surface area contributed by atoms with E-state index in [9.17, 15) is 18.0 Å². The van der Waals surface area contributed by atoms with Crippen LogP contribution >= 0.6 is 11.3 Å². The summed E-state index contributed by atoms with van der Waals surface area (Å²) in [5, 5.41) is 2.88. The van der Waals surface area contributed by atoms with Crippen LogP contribution < -0.4 is 10.2 Å². The van der Waals surface area contributed by atoms with Crippen LogP contribution in [0.2, 0.25) is 0 Å². The molecule has 188 valence electrons. The van der Waals surface area contributed by atoms with Gasteiger partial charge in [0.1, 0.15) is 16.4 Å². The highest BCUT2D eigenvalue weighted by Crippen LogP contribution is 2.42. The van der Waals surface area contributed by atoms with Crippen LogP contribution in [-0.2, 0) is 10.9 Å². The first-order chi connectivity index (χ1) is 16.8. The Morgan fingerprint density at radius 3 is 2.33 bits per heavy atom. The predicted octanol–water partition coefficient (Wildman–Crippen LogP) is 7.46. The fourth-order valence-corrected chi connectivity index (χ4v) is 4.55. The van der Waals surface area contributed by atoms with Gasteiger partial charge in [0.25, 0.3) is 0 Å². The van der Waals surface area contributed by atoms with Crippen molar-refractivity contribution in [2.75, 3.05) is 24.3 Å². The number of carbonyl (C=O) groups excluding carboxylic acids is 1. The molecular weight excluding hydrogens is 489 g/mol. The van der Waals surface area contributed by atoms with Crippen LogP contribution in [0.1, 0.15) is 26.3 Å². The standard InChI is InChI=1S/C26H25F3N4O2S/c1-25(2,3)35-24(34)31-17-8-10-20-21(13-17)36-23(32-20)18-9-6-15(12-19(18)26(27,28)29)16-7-11-22(30-14-16)33(4)5/h6-14H,1-5H3,(H,31,34). The second-order valence-corrected chi connectivity index (χ2v) is 10.4. The molecule has 0 atom stereocenters. The predicted molar refractivity (Wildman–Crippen MR) is 137 cm³/mol. The van der Waals surface area contributed by atoms with Crippen LogP contribution in [-0.4, -0.2) is 35.8 Å². The molecule has 0 aliphatic rings. The number of carbonyl (C=O) groups is 1. The normalized spacial score (nSPS) is 12.0. The second-order valence-electron chi connectivity index (χ2n) is 9.39. The van der Waals surface area contributed by atoms with Crippen molar-refractivity contribution < 1.29 is 22.7 Å². The van der Waals surface area contributed by atoms with Crippen molar-refractivity contribution in [3.63, 3.8) is 0 Å². The number of aromatic nitrogens is 2. The van der Waals surface area contributed by atoms with Gasteiger partial charge in [-0.05, 0) is 62.7 Å². The number of fused-ring (bicyclic) bond motifs is 1. The number of anilines is 2. The summed E-state index contributed by atoms with van der Waals surface area (Å²) in [5.74, 6) is 0.710. The number of benzene rings is 2. The Kier molecular flexibility index (Phi) is 6.66. The molecule has 0 saturated heterocycles. The molecule has 4 rings (SSSR count). The van der Waals surface area contributed by atoms with Gasteiger partial charge in [0.15, 0.2) is 0 Å². The molecule has 0 fully saturated rings. The summed E-state index contributed by atoms with van der Waals surface area (Å²) in [7, 11) is 3.68. The summed E-state index contributed by atoms with van der Waals surface area (Å²) < 4.78 is 48.2. The van der Waals surface area contributed by atoms with Gasteiger partial charge in [0, 0.05) is 37.1 Å². The van der Waals surface area contributed by atoms with Crippen molar-refractivity contribution in [2.24, 2.45) is 0 Å². The van der Waals surface area contributed by atoms with E-state index < -0.39 is 23.4 Å². The minimum Gasteiger partial charge on any atom is -0.444 e. The van der Waals surface area contributed by atoms with Gasteiger partial charge >= 0.3 is 12.3 Å². The van der Waals surface area contributed by atoms with Crippen LogP contribution in [0.3, 0.4) is 0 Å². The van der Waals surface area contributed by atoms with Gasteiger partial charge in [-0.1, -0.05) is 12.1 Å². The van der Waals surface area contributed by atoms with E-state index in [2.05, 4.69) is 15.3 Å². The lowest BCUT2D eigenvalue weighted by Crippen LogP contribution is -2.27. The van der Waals surface area contributed by atoms with Crippen molar-refractivity contribution in [3.8, 4) is 21.7 Å². The maximum atomic E-state index is 14.1. The van der Waals surface area contributed by atoms with E-state index in [4.69, 9.17) is 4.74 Å². The zero-order valence-corrected chi connectivity index (χ0v) is 21.2. The van der Waals surface area contributed by atoms with Crippen molar-refractivity contribution in [3.05, 3.63) is 60.3 Å². The first kappa shape index (κ1) is 25.4. The number of halogens is 3. The molecule has 4 aromatic rings. The fraction of sp³-hybridized carbons (Fsp3) is 0.269. The number of hydrogen-bond donors (Lipinski definition) is 1. The Bertz CT molecular complexity index is 1410. The van der Waals surface area contributed by atoms with Gasteiger partial charge in [-0.15, -0.1) is 11.3 Å². The molecule has 0 spiro atoms. The Balaban J connectivity index is 1.69. The highest BCUT2D eigenvalue weighted by molar-refractivity contribution is 7.21. The highest BCUT2D eigenvalue weighted by Gasteiger charge is 2.35. The topological polar surface area (TPSA) is 67.4 Å². The summed E-state index contributed by atoms with van der Waals surface area (Å²) in [6, 6.07) is 12.7. The molecule has 0 bridgehead atoms. The van der Waals surface area contributed by atoms with E-state index in [1.54, 1.807) is 63.4 Å². The number of thiazole rings is 1. The molecule has 0 saturated carbocycles. The van der Waals surface area contributed by atoms with Gasteiger partial charge in [-0.3, -0.25) is 5.32 Å². The lowest BCUT2D eigenvalue weighted by atomic mass is 10.00. The molecule has 2 aromatic carbocycles. The van der Waals surface area contributed by atoms with Crippen molar-refractivity contribution >= 4 is 39.2 Å². The van der Waals surface area contributed by atoms with E-state index in [-0.39, 0.29) is 10.6 Å². The molecule has 10 heteroatoms. The average Bonchev–Trinajstić information content (AvgIpc) is 3.20. The van der Waals surface area contributed by atoms with E-state index in [1.165, 1.54) is 6.07 Å². The Hall–Kier alpha value is -3.66. The fourth-order valence-electron chi connectivity index (χ4n) is 3.51. The van der Waals surface area contributed by atoms with Crippen LogP contribution in [0.25, 0.3) is 31.9 Å². The molecule has 1 amide bonds. The van der Waals surface area contributed by atoms with Crippen LogP contribution in [0.5, 0.6) is 0 Å². The Morgan fingerprint density at radius 1 is 1.00 bits per heavy atom. The molecular formula is C26H25F3N4O2S. The number of hydrogen-bond acceptors (Lipinski definition) is 6. The number of ether oxygens (including phenoxy) is 1. The molecule has 2 aromatic heterocycles. The minimum absolute atomic E-state index is 0.00743. The summed E-state index contributed by atoms with van der Waals surface area (Å²) in [4.78, 5) is 22.6. The van der Waals surface area contributed by atoms with E-state index >= 15 is 0 Å². The van der Waals surface area contributed by atoms with E-state index in [0.717, 1.165) is 17.4 Å². The summed E-state index contributed by atoms with van der Waals surface area (Å²) in [5.41, 5.74) is 0.553. The zero-order valence-electron chi connectivity index (χ0n) is 20.4. The monoisotopic (exact) mass is 514 g/mol. The molecule has 2 heterocycles. The van der Waals surface area contributed by atoms with Gasteiger partial charge in [-0.25, -0.2) is 14.8 Å². The molecule has 1 N–H and O–H groups in total. The first-order valence-corrected chi connectivity index (χ1v) is 11.9. The quantitative estimate of drug-likeness (QED) is 0.306. The van der Waals surface area contributed by atoms with Crippen LogP contribution in [0.15, 0.2) is 54.7 Å². The zero-order chi connectivity index (χ0) is 26.3. The average molecular weight is 515 g/mol. The van der Waals surface area contributed by atoms with Gasteiger partial charge in [0.05, 0.1) is 15.8 Å². The molecule has 36 heavy (non-hydrogen) atoms. The molecule has 0 radical (unpaired) electrons. The van der Waals surface area contributed by atoms with Gasteiger partial charge < -0.3 is 9.64 Å². The van der Waals surface area contributed by atoms with Crippen molar-refractivity contribution in [1.82, 2.24) is 9.97 Å². The highest BCUT2D eigenvalue weighted by atomic mass is 32.1. The van der Waals surface area contributed by atoms with Crippen LogP contribution in [0.4, 0.5) is 29.5 Å². The number of pyridine rings is 1. The maximum Gasteiger partial charge on any atom is 0.417 e. The number of nitrogens with one attached hydrogen (secondary N) is 1. The number of rotatable bonds is 4. The number of alkyl halides is 3. The van der Waals surface area contributed by atoms with Gasteiger partial charge in [-0.2, -0.15) is 13.2 Å². The molecule has 0 aliphatic carbocycles. The lowest BCUT2D eigenvalue weighted by Gasteiger charge is -2.19. The van der Waals surface area contributed by atoms with Crippen molar-refractivity contribution in [2.45, 2.75) is 32.5 Å². The summed E-state index contributed by atoms with van der Waals surface area (Å²) in [6.07, 6.45) is -3.64. The third-order valence-electron chi connectivity index (χ3n) is 5.13. The number of amides is 1. The van der Waals surface area contributed by atoms with E-state index in [1.807, 2.05) is 19.0 Å². The summed E-state index contributed by atoms with van der Waals surface area (Å²) >= 11 is 1.12. The van der Waals surface area contributed by atoms with Crippen molar-refractivity contribution in [1.29, 1.82) is 0 Å². The third-order valence-corrected chi connectivity index (χ3v) is 6.18. The van der Waals surface area contributed by atoms with E-state index in [0.29, 0.717) is 32.8 Å². The first-order valence-electron chi connectivity index (χ1n) is 11.1. The third kappa shape index (κ3) is 5.76. The molecule has 0 aliphatic heterocycles. The lowest BCUT2D eigenvalue weighted by molar-refractivity contribution is -0.137. The van der Waals surface area contributed by atoms with Crippen LogP contribution in [0, 0.1) is 0 Å². The summed E-state index contributed by atoms with van der Waals surface area (Å²) in [6.45, 7) is 5.26. The Labute approximate surface area is 210 Å². The Morgan fingerprint density at radius 2 is 1.72 bits per heavy atom. The smallest absolute Gasteiger partial charge is 0.417 e. The van der Waals surface area contributed by atoms with Gasteiger partial charge in [0.2, 0.25) is 0 Å². The maximum absolute atomic E-state index is 14.1. The molecule has 0 unspecified atom stereocenters. The SMILES string of the molecule is CN(C)c1ccc(-c2ccc(-c3nc4ccc(NC(=O)OC(C)(C)C)cc4s3)c(C(F)(F)F)c2)cn1. The second kappa shape index (κ2) is 9.42. The largest absolute Gasteiger partial charge is 0.444 e.